The van der Waals surface area contributed by atoms with Gasteiger partial charge >= 0.3 is 11.9 Å². The number of aryl methyl sites for hydroxylation is 2. The van der Waals surface area contributed by atoms with Gasteiger partial charge < -0.3 is 20.4 Å². The Morgan fingerprint density at radius 2 is 1.82 bits per heavy atom. The van der Waals surface area contributed by atoms with Crippen molar-refractivity contribution in [3.05, 3.63) is 81.5 Å². The number of pyridine rings is 1. The summed E-state index contributed by atoms with van der Waals surface area (Å²) in [6.07, 6.45) is 3.39. The first-order valence-electron chi connectivity index (χ1n) is 12.6. The fourth-order valence-corrected chi connectivity index (χ4v) is 5.60. The molecule has 3 heterocycles. The molecule has 3 N–H and O–H groups in total. The first-order valence-corrected chi connectivity index (χ1v) is 13.4. The van der Waals surface area contributed by atoms with Crippen LogP contribution in [0, 0.1) is 6.92 Å². The van der Waals surface area contributed by atoms with Gasteiger partial charge in [0.2, 0.25) is 0 Å². The third-order valence-corrected chi connectivity index (χ3v) is 7.50. The van der Waals surface area contributed by atoms with E-state index in [1.54, 1.807) is 17.4 Å². The number of nitrogens with zero attached hydrogens (tertiary/aromatic N) is 2. The zero-order chi connectivity index (χ0) is 27.1. The molecule has 1 unspecified atom stereocenters. The smallest absolute Gasteiger partial charge is 0.303 e. The lowest BCUT2D eigenvalue weighted by Gasteiger charge is -2.35. The molecule has 1 fully saturated rings. The number of rotatable bonds is 7. The minimum atomic E-state index is -1.08. The van der Waals surface area contributed by atoms with Crippen molar-refractivity contribution in [3.63, 3.8) is 0 Å². The maximum Gasteiger partial charge on any atom is 0.303 e. The van der Waals surface area contributed by atoms with Gasteiger partial charge in [-0.25, -0.2) is 0 Å². The number of carboxylic acids is 2. The Bertz CT molecular complexity index is 1470. The van der Waals surface area contributed by atoms with Crippen LogP contribution in [0.1, 0.15) is 29.7 Å². The van der Waals surface area contributed by atoms with Gasteiger partial charge in [-0.1, -0.05) is 36.4 Å². The van der Waals surface area contributed by atoms with Gasteiger partial charge in [-0.05, 0) is 43.5 Å². The summed E-state index contributed by atoms with van der Waals surface area (Å²) in [5, 5.41) is 21.4. The highest BCUT2D eigenvalue weighted by molar-refractivity contribution is 7.19. The molecule has 1 aliphatic heterocycles. The van der Waals surface area contributed by atoms with Gasteiger partial charge in [0.05, 0.1) is 28.7 Å². The number of anilines is 1. The van der Waals surface area contributed by atoms with Crippen molar-refractivity contribution < 1.29 is 19.8 Å². The average Bonchev–Trinajstić information content (AvgIpc) is 3.25. The number of aromatic nitrogens is 1. The van der Waals surface area contributed by atoms with E-state index in [1.807, 2.05) is 18.3 Å². The quantitative estimate of drug-likeness (QED) is 0.318. The molecule has 0 aliphatic carbocycles. The lowest BCUT2D eigenvalue weighted by Crippen LogP contribution is -2.51. The molecule has 1 atom stereocenters. The zero-order valence-corrected chi connectivity index (χ0v) is 22.0. The van der Waals surface area contributed by atoms with E-state index >= 15 is 0 Å². The van der Waals surface area contributed by atoms with Gasteiger partial charge in [0.1, 0.15) is 0 Å². The molecule has 8 nitrogen and oxygen atoms in total. The molecule has 2 aromatic heterocycles. The minimum absolute atomic E-state index is 0.0862. The van der Waals surface area contributed by atoms with Crippen LogP contribution in [0.2, 0.25) is 0 Å². The SMILES string of the molecule is Cc1cc2c(N3CCNC(CCc4ccccc4)C3)c3ncccc3cc(=O)c2s1.O=C(O)CCC(=O)O. The molecule has 0 bridgehead atoms. The lowest BCUT2D eigenvalue weighted by molar-refractivity contribution is -0.143. The highest BCUT2D eigenvalue weighted by Crippen LogP contribution is 2.35. The molecule has 0 radical (unpaired) electrons. The number of carbonyl (C=O) groups is 2. The van der Waals surface area contributed by atoms with Crippen LogP contribution in [0.5, 0.6) is 0 Å². The van der Waals surface area contributed by atoms with Crippen LogP contribution in [-0.2, 0) is 16.0 Å². The van der Waals surface area contributed by atoms with E-state index in [0.29, 0.717) is 6.04 Å². The molecule has 0 amide bonds. The van der Waals surface area contributed by atoms with E-state index < -0.39 is 11.9 Å². The maximum atomic E-state index is 12.9. The topological polar surface area (TPSA) is 120 Å². The summed E-state index contributed by atoms with van der Waals surface area (Å²) in [5.74, 6) is -2.15. The summed E-state index contributed by atoms with van der Waals surface area (Å²) in [6, 6.07) is 18.9. The fraction of sp³-hybridized carbons (Fsp3) is 0.310. The van der Waals surface area contributed by atoms with E-state index in [9.17, 15) is 14.4 Å². The predicted molar refractivity (Wildman–Crippen MR) is 151 cm³/mol. The number of hydrogen-bond donors (Lipinski definition) is 3. The van der Waals surface area contributed by atoms with E-state index in [1.165, 1.54) is 5.56 Å². The van der Waals surface area contributed by atoms with Crippen molar-refractivity contribution in [2.75, 3.05) is 24.5 Å². The Hall–Kier alpha value is -3.82. The molecule has 5 rings (SSSR count). The van der Waals surface area contributed by atoms with Crippen LogP contribution < -0.4 is 15.6 Å². The molecule has 0 spiro atoms. The third kappa shape index (κ3) is 6.93. The summed E-state index contributed by atoms with van der Waals surface area (Å²) >= 11 is 1.59. The number of nitrogens with one attached hydrogen (secondary N) is 1. The predicted octanol–water partition coefficient (Wildman–Crippen LogP) is 4.46. The highest BCUT2D eigenvalue weighted by Gasteiger charge is 2.24. The molecule has 9 heteroatoms. The van der Waals surface area contributed by atoms with Crippen molar-refractivity contribution in [1.29, 1.82) is 0 Å². The van der Waals surface area contributed by atoms with Crippen LogP contribution >= 0.6 is 11.3 Å². The van der Waals surface area contributed by atoms with Crippen LogP contribution in [0.3, 0.4) is 0 Å². The molecule has 0 saturated carbocycles. The van der Waals surface area contributed by atoms with Crippen molar-refractivity contribution in [1.82, 2.24) is 10.3 Å². The second-order valence-corrected chi connectivity index (χ2v) is 10.6. The summed E-state index contributed by atoms with van der Waals surface area (Å²) in [7, 11) is 0. The van der Waals surface area contributed by atoms with Gasteiger partial charge in [0, 0.05) is 47.5 Å². The second-order valence-electron chi connectivity index (χ2n) is 9.31. The first kappa shape index (κ1) is 27.2. The van der Waals surface area contributed by atoms with Crippen LogP contribution in [0.4, 0.5) is 5.69 Å². The van der Waals surface area contributed by atoms with Crippen LogP contribution in [0.15, 0.2) is 65.6 Å². The van der Waals surface area contributed by atoms with Crippen molar-refractivity contribution >= 4 is 50.0 Å². The Balaban J connectivity index is 0.000000368. The van der Waals surface area contributed by atoms with Crippen molar-refractivity contribution in [2.24, 2.45) is 0 Å². The fourth-order valence-electron chi connectivity index (χ4n) is 4.68. The van der Waals surface area contributed by atoms with Crippen LogP contribution in [0.25, 0.3) is 21.0 Å². The van der Waals surface area contributed by atoms with Crippen LogP contribution in [-0.4, -0.2) is 52.8 Å². The van der Waals surface area contributed by atoms with E-state index in [2.05, 4.69) is 53.5 Å². The second kappa shape index (κ2) is 12.6. The van der Waals surface area contributed by atoms with E-state index in [-0.39, 0.29) is 18.3 Å². The molecular formula is C29H31N3O5S. The summed E-state index contributed by atoms with van der Waals surface area (Å²) < 4.78 is 0.833. The van der Waals surface area contributed by atoms with E-state index in [4.69, 9.17) is 15.2 Å². The number of aliphatic carboxylic acids is 2. The molecule has 4 aromatic rings. The number of hydrogen-bond acceptors (Lipinski definition) is 7. The molecule has 38 heavy (non-hydrogen) atoms. The zero-order valence-electron chi connectivity index (χ0n) is 21.2. The monoisotopic (exact) mass is 533 g/mol. The first-order chi connectivity index (χ1) is 18.3. The van der Waals surface area contributed by atoms with Gasteiger partial charge in [-0.2, -0.15) is 0 Å². The number of piperazine rings is 1. The lowest BCUT2D eigenvalue weighted by atomic mass is 10.0. The largest absolute Gasteiger partial charge is 0.481 e. The molecular weight excluding hydrogens is 502 g/mol. The highest BCUT2D eigenvalue weighted by atomic mass is 32.1. The maximum absolute atomic E-state index is 12.9. The minimum Gasteiger partial charge on any atom is -0.481 e. The summed E-state index contributed by atoms with van der Waals surface area (Å²) in [6.45, 7) is 4.83. The number of carboxylic acid groups (broad SMARTS) is 2. The Labute approximate surface area is 224 Å². The molecule has 1 saturated heterocycles. The Morgan fingerprint density at radius 3 is 2.53 bits per heavy atom. The molecule has 2 aromatic carbocycles. The number of benzene rings is 1. The summed E-state index contributed by atoms with van der Waals surface area (Å²) in [5.41, 5.74) is 3.49. The van der Waals surface area contributed by atoms with Gasteiger partial charge in [0.15, 0.2) is 5.43 Å². The Morgan fingerprint density at radius 1 is 1.08 bits per heavy atom. The summed E-state index contributed by atoms with van der Waals surface area (Å²) in [4.78, 5) is 40.5. The molecule has 1 aliphatic rings. The van der Waals surface area contributed by atoms with Gasteiger partial charge in [-0.15, -0.1) is 11.3 Å². The van der Waals surface area contributed by atoms with Gasteiger partial charge in [-0.3, -0.25) is 19.4 Å². The number of fused-ring (bicyclic) bond motifs is 2. The molecule has 198 valence electrons. The van der Waals surface area contributed by atoms with Crippen molar-refractivity contribution in [3.8, 4) is 0 Å². The van der Waals surface area contributed by atoms with E-state index in [0.717, 1.165) is 64.0 Å². The number of thiophene rings is 1. The Kier molecular flexibility index (Phi) is 9.04. The van der Waals surface area contributed by atoms with Crippen molar-refractivity contribution in [2.45, 2.75) is 38.6 Å². The average molecular weight is 534 g/mol. The third-order valence-electron chi connectivity index (χ3n) is 6.43. The normalized spacial score (nSPS) is 15.2. The van der Waals surface area contributed by atoms with Gasteiger partial charge in [0.25, 0.3) is 0 Å². The standard InChI is InChI=1S/C25H25N3OS.C4H6O4/c1-17-14-21-24(23-19(8-5-11-27-23)15-22(29)25(21)30-17)28-13-12-26-20(16-28)10-9-18-6-3-2-4-7-18;5-3(6)1-2-4(7)8/h2-8,11,14-15,20,26H,9-10,12-13,16H2,1H3;1-2H2,(H,5,6)(H,7,8).